The zero-order valence-corrected chi connectivity index (χ0v) is 32.3. The summed E-state index contributed by atoms with van der Waals surface area (Å²) >= 11 is 3.43. The Hall–Kier alpha value is -3.90. The number of nitrogens with zero attached hydrogens (tertiary/aromatic N) is 9. The van der Waals surface area contributed by atoms with E-state index < -0.39 is 0 Å². The van der Waals surface area contributed by atoms with Crippen LogP contribution < -0.4 is 0 Å². The fourth-order valence-electron chi connectivity index (χ4n) is 4.66. The minimum Gasteiger partial charge on any atom is -0.372 e. The molecule has 0 aromatic carbocycles. The molecule has 3 rings (SSSR count). The minimum absolute atomic E-state index is 0.0825. The number of ether oxygens (including phenoxy) is 8. The van der Waals surface area contributed by atoms with Crippen LogP contribution in [0, 0.1) is 12.3 Å². The van der Waals surface area contributed by atoms with Crippen molar-refractivity contribution in [1.29, 1.82) is 0 Å². The van der Waals surface area contributed by atoms with Crippen LogP contribution in [0.2, 0.25) is 0 Å². The van der Waals surface area contributed by atoms with Crippen LogP contribution in [0.4, 0.5) is 0 Å². The molecule has 54 heavy (non-hydrogen) atoms. The predicted octanol–water partition coefficient (Wildman–Crippen LogP) is 2.74. The molecule has 18 heteroatoms. The van der Waals surface area contributed by atoms with Crippen molar-refractivity contribution in [2.45, 2.75) is 63.9 Å². The van der Waals surface area contributed by atoms with Crippen molar-refractivity contribution in [3.05, 3.63) is 86.3 Å². The number of terminal acetylenes is 1. The van der Waals surface area contributed by atoms with Gasteiger partial charge in [0.25, 0.3) is 0 Å². The quantitative estimate of drug-likeness (QED) is 0.0374. The first-order valence-corrected chi connectivity index (χ1v) is 18.5. The Labute approximate surface area is 325 Å². The third kappa shape index (κ3) is 18.4. The van der Waals surface area contributed by atoms with Gasteiger partial charge < -0.3 is 37.9 Å². The molecule has 0 saturated carbocycles. The lowest BCUT2D eigenvalue weighted by Gasteiger charge is -2.17. The zero-order valence-electron chi connectivity index (χ0n) is 30.7. The molecule has 3 aromatic rings. The first-order chi connectivity index (χ1) is 26.5. The first-order valence-electron chi connectivity index (χ1n) is 17.4. The summed E-state index contributed by atoms with van der Waals surface area (Å²) in [6.45, 7) is 19.9. The van der Waals surface area contributed by atoms with Crippen LogP contribution >= 0.6 is 15.9 Å². The second kappa shape index (κ2) is 27.6. The van der Waals surface area contributed by atoms with Crippen LogP contribution in [0.5, 0.6) is 0 Å². The maximum absolute atomic E-state index is 5.96. The number of hydrogen-bond donors (Lipinski definition) is 0. The van der Waals surface area contributed by atoms with Crippen LogP contribution in [-0.4, -0.2) is 134 Å². The normalized spacial score (nSPS) is 13.6. The van der Waals surface area contributed by atoms with Crippen LogP contribution in [0.3, 0.4) is 0 Å². The molecule has 0 aliphatic carbocycles. The molecular weight excluding hydrogens is 766 g/mol. The maximum atomic E-state index is 5.96. The number of hydrogen-bond acceptors (Lipinski definition) is 14. The van der Waals surface area contributed by atoms with E-state index in [1.807, 2.05) is 6.20 Å². The summed E-state index contributed by atoms with van der Waals surface area (Å²) in [5, 5.41) is 26.0. The summed E-state index contributed by atoms with van der Waals surface area (Å²) in [7, 11) is 0. The van der Waals surface area contributed by atoms with Crippen LogP contribution in [0.25, 0.3) is 0 Å². The van der Waals surface area contributed by atoms with E-state index >= 15 is 0 Å². The van der Waals surface area contributed by atoms with Crippen LogP contribution in [-0.2, 0) is 77.3 Å². The lowest BCUT2D eigenvalue weighted by molar-refractivity contribution is -0.0224. The fourth-order valence-corrected chi connectivity index (χ4v) is 5.03. The predicted molar refractivity (Wildman–Crippen MR) is 202 cm³/mol. The molecule has 0 aliphatic heterocycles. The molecule has 0 aliphatic rings. The van der Waals surface area contributed by atoms with Crippen molar-refractivity contribution >= 4 is 15.9 Å². The highest BCUT2D eigenvalue weighted by atomic mass is 79.9. The van der Waals surface area contributed by atoms with E-state index in [1.165, 1.54) is 0 Å². The Kier molecular flexibility index (Phi) is 22.8. The monoisotopic (exact) mass is 817 g/mol. The second-order valence-electron chi connectivity index (χ2n) is 11.7. The Morgan fingerprint density at radius 2 is 0.907 bits per heavy atom. The van der Waals surface area contributed by atoms with Gasteiger partial charge in [0, 0.05) is 5.33 Å². The topological polar surface area (TPSA) is 166 Å². The van der Waals surface area contributed by atoms with Gasteiger partial charge in [-0.25, -0.2) is 14.0 Å². The van der Waals surface area contributed by atoms with Gasteiger partial charge in [-0.15, -0.1) is 48.0 Å². The van der Waals surface area contributed by atoms with Gasteiger partial charge in [-0.2, -0.15) is 0 Å². The number of alkyl halides is 1. The average molecular weight is 819 g/mol. The molecule has 0 saturated heterocycles. The molecule has 0 radical (unpaired) electrons. The number of halogens is 1. The first kappa shape index (κ1) is 44.5. The number of rotatable bonds is 34. The van der Waals surface area contributed by atoms with E-state index in [2.05, 4.69) is 79.1 Å². The Balaban J connectivity index is 1.44. The van der Waals surface area contributed by atoms with Gasteiger partial charge in [0.15, 0.2) is 0 Å². The van der Waals surface area contributed by atoms with Gasteiger partial charge >= 0.3 is 0 Å². The molecule has 3 heterocycles. The largest absolute Gasteiger partial charge is 0.372 e. The fraction of sp³-hybridized carbons (Fsp3) is 0.556. The summed E-state index contributed by atoms with van der Waals surface area (Å²) in [6.07, 6.45) is 16.4. The summed E-state index contributed by atoms with van der Waals surface area (Å²) in [4.78, 5) is 0. The molecule has 4 atom stereocenters. The summed E-state index contributed by atoms with van der Waals surface area (Å²) in [5.74, 6) is 2.45. The van der Waals surface area contributed by atoms with E-state index in [-0.39, 0.29) is 57.5 Å². The van der Waals surface area contributed by atoms with Crippen LogP contribution in [0.15, 0.2) is 69.2 Å². The van der Waals surface area contributed by atoms with E-state index in [4.69, 9.17) is 44.3 Å². The lowest BCUT2D eigenvalue weighted by Crippen LogP contribution is -2.26. The Bertz CT molecular complexity index is 1530. The summed E-state index contributed by atoms with van der Waals surface area (Å²) in [5.41, 5.74) is 2.00. The third-order valence-electron chi connectivity index (χ3n) is 7.05. The molecule has 17 nitrogen and oxygen atoms in total. The molecule has 0 amide bonds. The Morgan fingerprint density at radius 1 is 0.574 bits per heavy atom. The average Bonchev–Trinajstić information content (AvgIpc) is 3.95. The van der Waals surface area contributed by atoms with Crippen molar-refractivity contribution in [3.8, 4) is 12.3 Å². The number of aromatic nitrogens is 9. The standard InChI is InChI=1S/C36H52BrN9O8/c1-6-11-47-27-34(52-13-8-3)20-44-18-31(39-41-44)24-49-29-36(54-15-10-5)22-46-19-32(40-43-46)25-50-28-35(53-14-9-4)21-45-17-30(38-42-45)23-48-26-33(16-37)51-12-7-2/h1,7-10,17-19,33-36H,2-5,11-16,20-29H2/t33-,34-,35+,36+/m0/s1. The van der Waals surface area contributed by atoms with Gasteiger partial charge in [0.2, 0.25) is 0 Å². The molecule has 0 N–H and O–H groups in total. The van der Waals surface area contributed by atoms with Gasteiger partial charge in [0.05, 0.1) is 117 Å². The highest BCUT2D eigenvalue weighted by Crippen LogP contribution is 2.08. The molecule has 296 valence electrons. The van der Waals surface area contributed by atoms with Gasteiger partial charge in [-0.1, -0.05) is 61.8 Å². The van der Waals surface area contributed by atoms with Crippen molar-refractivity contribution in [2.75, 3.05) is 64.8 Å². The van der Waals surface area contributed by atoms with Crippen LogP contribution in [0.1, 0.15) is 17.1 Å². The van der Waals surface area contributed by atoms with Gasteiger partial charge in [-0.05, 0) is 0 Å². The van der Waals surface area contributed by atoms with Crippen molar-refractivity contribution in [3.63, 3.8) is 0 Å². The van der Waals surface area contributed by atoms with Gasteiger partial charge in [-0.3, -0.25) is 0 Å². The summed E-state index contributed by atoms with van der Waals surface area (Å²) in [6, 6.07) is 0. The molecule has 0 spiro atoms. The van der Waals surface area contributed by atoms with Gasteiger partial charge in [0.1, 0.15) is 42.0 Å². The highest BCUT2D eigenvalue weighted by Gasteiger charge is 2.17. The lowest BCUT2D eigenvalue weighted by atomic mass is 10.3. The molecule has 0 bridgehead atoms. The second-order valence-corrected chi connectivity index (χ2v) is 12.3. The zero-order chi connectivity index (χ0) is 38.6. The van der Waals surface area contributed by atoms with E-state index in [1.54, 1.807) is 50.7 Å². The third-order valence-corrected chi connectivity index (χ3v) is 7.77. The minimum atomic E-state index is -0.329. The molecular formula is C36H52BrN9O8. The molecule has 0 unspecified atom stereocenters. The summed E-state index contributed by atoms with van der Waals surface area (Å²) < 4.78 is 51.4. The van der Waals surface area contributed by atoms with Crippen molar-refractivity contribution < 1.29 is 37.9 Å². The van der Waals surface area contributed by atoms with E-state index in [9.17, 15) is 0 Å². The van der Waals surface area contributed by atoms with Crippen molar-refractivity contribution in [2.24, 2.45) is 0 Å². The van der Waals surface area contributed by atoms with Crippen molar-refractivity contribution in [1.82, 2.24) is 45.0 Å². The maximum Gasteiger partial charge on any atom is 0.108 e. The Morgan fingerprint density at radius 3 is 1.24 bits per heavy atom. The SMILES string of the molecule is C#CCOC[C@H](Cn1cc(COC[C@@H](Cn2cc(COC[C@@H](Cn3cc(COC[C@H](CBr)OCC=C)nn3)OCC=C)nn2)OCC=C)nn1)OCC=C. The van der Waals surface area contributed by atoms with E-state index in [0.29, 0.717) is 88.3 Å². The highest BCUT2D eigenvalue weighted by molar-refractivity contribution is 9.09. The molecule has 3 aromatic heterocycles. The smallest absolute Gasteiger partial charge is 0.108 e. The molecule has 0 fully saturated rings. The van der Waals surface area contributed by atoms with E-state index in [0.717, 1.165) is 0 Å².